The normalized spacial score (nSPS) is 28.7. The first kappa shape index (κ1) is 40.8. The number of ether oxygens (including phenoxy) is 10. The average Bonchev–Trinajstić information content (AvgIpc) is 3.02. The van der Waals surface area contributed by atoms with Crippen molar-refractivity contribution >= 4 is 41.7 Å². The van der Waals surface area contributed by atoms with E-state index < -0.39 is 116 Å². The van der Waals surface area contributed by atoms with Crippen LogP contribution in [0.15, 0.2) is 30.3 Å². The van der Waals surface area contributed by atoms with Crippen LogP contribution in [0, 0.1) is 0 Å². The summed E-state index contributed by atoms with van der Waals surface area (Å²) in [5.74, 6) is -5.45. The summed E-state index contributed by atoms with van der Waals surface area (Å²) in [4.78, 5) is 85.7. The summed E-state index contributed by atoms with van der Waals surface area (Å²) in [6.45, 7) is 6.68. The number of amides is 1. The zero-order chi connectivity index (χ0) is 37.8. The van der Waals surface area contributed by atoms with Gasteiger partial charge in [-0.2, -0.15) is 0 Å². The first-order valence-corrected chi connectivity index (χ1v) is 15.9. The summed E-state index contributed by atoms with van der Waals surface area (Å²) >= 11 is 0. The van der Waals surface area contributed by atoms with Gasteiger partial charge in [0.15, 0.2) is 37.0 Å². The van der Waals surface area contributed by atoms with Gasteiger partial charge in [-0.1, -0.05) is 30.3 Å². The Labute approximate surface area is 293 Å². The lowest BCUT2D eigenvalue weighted by Gasteiger charge is -2.49. The van der Waals surface area contributed by atoms with Crippen LogP contribution >= 0.6 is 0 Å². The molecule has 3 rings (SSSR count). The van der Waals surface area contributed by atoms with Crippen LogP contribution in [0.25, 0.3) is 0 Å². The molecule has 0 aromatic heterocycles. The van der Waals surface area contributed by atoms with Crippen molar-refractivity contribution in [3.63, 3.8) is 0 Å². The van der Waals surface area contributed by atoms with Gasteiger partial charge in [0, 0.05) is 48.5 Å². The molecule has 51 heavy (non-hydrogen) atoms. The fourth-order valence-electron chi connectivity index (χ4n) is 5.47. The Morgan fingerprint density at radius 1 is 0.569 bits per heavy atom. The summed E-state index contributed by atoms with van der Waals surface area (Å²) in [6.07, 6.45) is -13.5. The molecule has 282 valence electrons. The van der Waals surface area contributed by atoms with Crippen LogP contribution in [0.5, 0.6) is 0 Å². The van der Waals surface area contributed by atoms with Crippen LogP contribution in [-0.4, -0.2) is 116 Å². The molecule has 2 heterocycles. The predicted octanol–water partition coefficient (Wildman–Crippen LogP) is 0.396. The van der Waals surface area contributed by atoms with E-state index in [1.54, 1.807) is 30.3 Å². The molecular weight excluding hydrogens is 682 g/mol. The standard InChI is InChI=1S/C33H43NO17/c1-16(35)34-26-29(27(45-19(4)38)24(14-42-17(2)36)49-32(26)44-13-23-11-9-8-10-12-23)51-33-31(48-22(7)41)30(47-21(6)40)28(46-20(5)39)25(50-33)15-43-18(3)37/h8-12,24-33H,13-15H2,1-7H3,(H,34,35)/t24-,25-,26-,27+,28+,29-,30+,31-,32+,33+/m1/s1. The van der Waals surface area contributed by atoms with Gasteiger partial charge in [0.25, 0.3) is 0 Å². The van der Waals surface area contributed by atoms with Crippen molar-refractivity contribution in [1.29, 1.82) is 0 Å². The van der Waals surface area contributed by atoms with Gasteiger partial charge in [-0.15, -0.1) is 0 Å². The molecule has 2 aliphatic rings. The van der Waals surface area contributed by atoms with Crippen molar-refractivity contribution < 1.29 is 80.9 Å². The van der Waals surface area contributed by atoms with E-state index in [1.165, 1.54) is 6.92 Å². The molecule has 0 radical (unpaired) electrons. The monoisotopic (exact) mass is 725 g/mol. The number of benzene rings is 1. The second-order valence-electron chi connectivity index (χ2n) is 11.6. The third kappa shape index (κ3) is 12.6. The number of hydrogen-bond acceptors (Lipinski definition) is 17. The number of hydrogen-bond donors (Lipinski definition) is 1. The van der Waals surface area contributed by atoms with Gasteiger partial charge < -0.3 is 52.7 Å². The largest absolute Gasteiger partial charge is 0.463 e. The molecule has 18 nitrogen and oxygen atoms in total. The summed E-state index contributed by atoms with van der Waals surface area (Å²) in [5, 5.41) is 2.68. The Morgan fingerprint density at radius 3 is 1.49 bits per heavy atom. The summed E-state index contributed by atoms with van der Waals surface area (Å²) in [6, 6.07) is 7.62. The minimum Gasteiger partial charge on any atom is -0.463 e. The number of nitrogens with one attached hydrogen (secondary N) is 1. The molecule has 1 amide bonds. The highest BCUT2D eigenvalue weighted by Gasteiger charge is 2.57. The topological polar surface area (TPSA) is 224 Å². The predicted molar refractivity (Wildman–Crippen MR) is 167 cm³/mol. The second-order valence-corrected chi connectivity index (χ2v) is 11.6. The van der Waals surface area contributed by atoms with Gasteiger partial charge in [0.05, 0.1) is 6.61 Å². The van der Waals surface area contributed by atoms with Crippen molar-refractivity contribution in [3.8, 4) is 0 Å². The molecule has 10 atom stereocenters. The minimum absolute atomic E-state index is 0.0358. The quantitative estimate of drug-likeness (QED) is 0.202. The third-order valence-corrected chi connectivity index (χ3v) is 7.27. The SMILES string of the molecule is CC(=O)N[C@H]1[C@@H](OCc2ccccc2)O[C@H](COC(C)=O)[C@H](OC(C)=O)[C@@H]1O[C@@H]1O[C@H](COC(C)=O)[C@H](OC(C)=O)[C@H](OC(C)=O)[C@H]1OC(C)=O. The fourth-order valence-corrected chi connectivity index (χ4v) is 5.47. The Bertz CT molecular complexity index is 1400. The van der Waals surface area contributed by atoms with Gasteiger partial charge in [0.2, 0.25) is 5.91 Å². The maximum absolute atomic E-state index is 12.6. The summed E-state index contributed by atoms with van der Waals surface area (Å²) in [5.41, 5.74) is 0.721. The molecule has 0 unspecified atom stereocenters. The van der Waals surface area contributed by atoms with E-state index in [4.69, 9.17) is 47.4 Å². The second kappa shape index (κ2) is 19.1. The number of rotatable bonds is 14. The highest BCUT2D eigenvalue weighted by molar-refractivity contribution is 5.73. The maximum atomic E-state index is 12.6. The van der Waals surface area contributed by atoms with Crippen LogP contribution in [-0.2, 0) is 87.5 Å². The van der Waals surface area contributed by atoms with Crippen molar-refractivity contribution in [2.45, 2.75) is 116 Å². The van der Waals surface area contributed by atoms with E-state index in [-0.39, 0.29) is 6.61 Å². The Balaban J connectivity index is 2.17. The fraction of sp³-hybridized carbons (Fsp3) is 0.606. The van der Waals surface area contributed by atoms with Gasteiger partial charge >= 0.3 is 35.8 Å². The van der Waals surface area contributed by atoms with E-state index in [2.05, 4.69) is 5.32 Å². The highest BCUT2D eigenvalue weighted by Crippen LogP contribution is 2.35. The molecule has 2 fully saturated rings. The van der Waals surface area contributed by atoms with E-state index in [1.807, 2.05) is 0 Å². The number of esters is 6. The van der Waals surface area contributed by atoms with Crippen LogP contribution in [0.3, 0.4) is 0 Å². The van der Waals surface area contributed by atoms with Gasteiger partial charge in [-0.3, -0.25) is 33.6 Å². The number of carbonyl (C=O) groups is 7. The zero-order valence-corrected chi connectivity index (χ0v) is 29.2. The minimum atomic E-state index is -1.76. The molecular formula is C33H43NO17. The molecule has 0 spiro atoms. The molecule has 0 aliphatic carbocycles. The Morgan fingerprint density at radius 2 is 1.02 bits per heavy atom. The van der Waals surface area contributed by atoms with Gasteiger partial charge in [-0.05, 0) is 5.56 Å². The number of carbonyl (C=O) groups excluding carboxylic acids is 7. The molecule has 0 saturated carbocycles. The Kier molecular flexibility index (Phi) is 15.3. The van der Waals surface area contributed by atoms with Crippen LogP contribution in [0.2, 0.25) is 0 Å². The van der Waals surface area contributed by atoms with E-state index in [0.29, 0.717) is 0 Å². The van der Waals surface area contributed by atoms with Crippen molar-refractivity contribution in [3.05, 3.63) is 35.9 Å². The first-order chi connectivity index (χ1) is 24.0. The molecule has 0 bridgehead atoms. The molecule has 2 saturated heterocycles. The molecule has 1 N–H and O–H groups in total. The molecule has 2 aliphatic heterocycles. The van der Waals surface area contributed by atoms with Crippen molar-refractivity contribution in [2.75, 3.05) is 13.2 Å². The van der Waals surface area contributed by atoms with E-state index >= 15 is 0 Å². The molecule has 1 aromatic carbocycles. The maximum Gasteiger partial charge on any atom is 0.303 e. The third-order valence-electron chi connectivity index (χ3n) is 7.27. The zero-order valence-electron chi connectivity index (χ0n) is 29.2. The van der Waals surface area contributed by atoms with Crippen LogP contribution in [0.1, 0.15) is 54.0 Å². The van der Waals surface area contributed by atoms with E-state index in [0.717, 1.165) is 47.1 Å². The van der Waals surface area contributed by atoms with E-state index in [9.17, 15) is 33.6 Å². The summed E-state index contributed by atoms with van der Waals surface area (Å²) in [7, 11) is 0. The first-order valence-electron chi connectivity index (χ1n) is 15.9. The lowest BCUT2D eigenvalue weighted by Crippen LogP contribution is -2.69. The molecule has 18 heteroatoms. The smallest absolute Gasteiger partial charge is 0.303 e. The Hall–Kier alpha value is -4.65. The summed E-state index contributed by atoms with van der Waals surface area (Å²) < 4.78 is 57.2. The van der Waals surface area contributed by atoms with Crippen molar-refractivity contribution in [1.82, 2.24) is 5.32 Å². The lowest BCUT2D eigenvalue weighted by molar-refractivity contribution is -0.348. The highest BCUT2D eigenvalue weighted by atomic mass is 16.8. The van der Waals surface area contributed by atoms with Crippen LogP contribution in [0.4, 0.5) is 0 Å². The van der Waals surface area contributed by atoms with Crippen molar-refractivity contribution in [2.24, 2.45) is 0 Å². The van der Waals surface area contributed by atoms with Gasteiger partial charge in [0.1, 0.15) is 37.6 Å². The average molecular weight is 726 g/mol. The van der Waals surface area contributed by atoms with Crippen LogP contribution < -0.4 is 5.32 Å². The lowest BCUT2D eigenvalue weighted by atomic mass is 9.94. The van der Waals surface area contributed by atoms with Gasteiger partial charge in [-0.25, -0.2) is 0 Å². The molecule has 1 aromatic rings.